The van der Waals surface area contributed by atoms with E-state index in [1.807, 2.05) is 19.1 Å². The molecule has 1 heterocycles. The summed E-state index contributed by atoms with van der Waals surface area (Å²) >= 11 is 0. The van der Waals surface area contributed by atoms with E-state index in [0.717, 1.165) is 17.0 Å². The number of rotatable bonds is 3. The first kappa shape index (κ1) is 12.7. The molecule has 0 fully saturated rings. The van der Waals surface area contributed by atoms with E-state index in [1.54, 1.807) is 11.9 Å². The van der Waals surface area contributed by atoms with Crippen LogP contribution in [0.5, 0.6) is 11.5 Å². The molecule has 1 aliphatic heterocycles. The summed E-state index contributed by atoms with van der Waals surface area (Å²) in [5.74, 6) is 1.42. The maximum absolute atomic E-state index is 11.8. The van der Waals surface area contributed by atoms with Gasteiger partial charge in [-0.2, -0.15) is 0 Å². The Bertz CT molecular complexity index is 460. The predicted molar refractivity (Wildman–Crippen MR) is 69.3 cm³/mol. The molecule has 0 bridgehead atoms. The number of ether oxygens (including phenoxy) is 2. The topological polar surface area (TPSA) is 64.8 Å². The third-order valence-electron chi connectivity index (χ3n) is 2.95. The van der Waals surface area contributed by atoms with E-state index in [4.69, 9.17) is 15.2 Å². The first-order valence-corrected chi connectivity index (χ1v) is 6.00. The van der Waals surface area contributed by atoms with E-state index < -0.39 is 0 Å². The van der Waals surface area contributed by atoms with Gasteiger partial charge >= 0.3 is 0 Å². The van der Waals surface area contributed by atoms with Crippen molar-refractivity contribution in [2.24, 2.45) is 5.73 Å². The number of carbonyl (C=O) groups excluding carboxylic acids is 1. The van der Waals surface area contributed by atoms with Gasteiger partial charge in [0.05, 0.1) is 5.69 Å². The molecular weight excluding hydrogens is 232 g/mol. The van der Waals surface area contributed by atoms with Crippen molar-refractivity contribution in [2.75, 3.05) is 31.7 Å². The van der Waals surface area contributed by atoms with Gasteiger partial charge in [0.15, 0.2) is 11.5 Å². The highest BCUT2D eigenvalue weighted by Crippen LogP contribution is 2.36. The fourth-order valence-electron chi connectivity index (χ4n) is 1.97. The maximum Gasteiger partial charge on any atom is 0.228 e. The molecule has 0 saturated carbocycles. The number of amides is 1. The normalized spacial score (nSPS) is 13.3. The van der Waals surface area contributed by atoms with Crippen LogP contribution in [0.4, 0.5) is 5.69 Å². The van der Waals surface area contributed by atoms with Crippen LogP contribution >= 0.6 is 0 Å². The van der Waals surface area contributed by atoms with Crippen molar-refractivity contribution in [3.63, 3.8) is 0 Å². The van der Waals surface area contributed by atoms with Crippen LogP contribution < -0.4 is 20.1 Å². The average molecular weight is 250 g/mol. The van der Waals surface area contributed by atoms with Crippen molar-refractivity contribution in [2.45, 2.75) is 13.3 Å². The van der Waals surface area contributed by atoms with Crippen LogP contribution in [0, 0.1) is 6.92 Å². The lowest BCUT2D eigenvalue weighted by molar-refractivity contribution is -0.118. The Hall–Kier alpha value is -1.75. The van der Waals surface area contributed by atoms with Crippen molar-refractivity contribution in [3.05, 3.63) is 17.7 Å². The van der Waals surface area contributed by atoms with Crippen molar-refractivity contribution in [3.8, 4) is 11.5 Å². The van der Waals surface area contributed by atoms with Crippen LogP contribution in [0.3, 0.4) is 0 Å². The number of benzene rings is 1. The zero-order valence-corrected chi connectivity index (χ0v) is 10.7. The molecule has 1 aliphatic rings. The fourth-order valence-corrected chi connectivity index (χ4v) is 1.97. The summed E-state index contributed by atoms with van der Waals surface area (Å²) in [5, 5.41) is 0. The van der Waals surface area contributed by atoms with Gasteiger partial charge in [-0.05, 0) is 18.6 Å². The third kappa shape index (κ3) is 2.41. The highest BCUT2D eigenvalue weighted by Gasteiger charge is 2.18. The Morgan fingerprint density at radius 3 is 2.56 bits per heavy atom. The number of nitrogens with two attached hydrogens (primary N) is 1. The Kier molecular flexibility index (Phi) is 3.72. The Morgan fingerprint density at radius 2 is 1.94 bits per heavy atom. The second kappa shape index (κ2) is 5.27. The van der Waals surface area contributed by atoms with Crippen molar-refractivity contribution >= 4 is 11.6 Å². The van der Waals surface area contributed by atoms with Crippen molar-refractivity contribution < 1.29 is 14.3 Å². The lowest BCUT2D eigenvalue weighted by Gasteiger charge is -2.24. The quantitative estimate of drug-likeness (QED) is 0.871. The van der Waals surface area contributed by atoms with Crippen molar-refractivity contribution in [1.29, 1.82) is 0 Å². The van der Waals surface area contributed by atoms with Crippen LogP contribution in [0.25, 0.3) is 0 Å². The average Bonchev–Trinajstić information content (AvgIpc) is 2.37. The lowest BCUT2D eigenvalue weighted by Crippen LogP contribution is -2.29. The van der Waals surface area contributed by atoms with E-state index in [-0.39, 0.29) is 5.91 Å². The molecule has 1 aromatic carbocycles. The van der Waals surface area contributed by atoms with Crippen LogP contribution in [-0.2, 0) is 4.79 Å². The Balaban J connectivity index is 2.30. The molecule has 0 unspecified atom stereocenters. The molecule has 0 saturated heterocycles. The van der Waals surface area contributed by atoms with E-state index >= 15 is 0 Å². The van der Waals surface area contributed by atoms with Crippen LogP contribution in [0.2, 0.25) is 0 Å². The van der Waals surface area contributed by atoms with E-state index in [1.165, 1.54) is 0 Å². The molecule has 0 aromatic heterocycles. The van der Waals surface area contributed by atoms with E-state index in [0.29, 0.717) is 31.9 Å². The summed E-state index contributed by atoms with van der Waals surface area (Å²) in [6.07, 6.45) is 0.338. The minimum Gasteiger partial charge on any atom is -0.486 e. The van der Waals surface area contributed by atoms with Gasteiger partial charge in [-0.25, -0.2) is 0 Å². The molecular formula is C13H18N2O3. The molecule has 0 atom stereocenters. The van der Waals surface area contributed by atoms with Gasteiger partial charge in [-0.3, -0.25) is 4.79 Å². The second-order valence-corrected chi connectivity index (χ2v) is 4.27. The number of fused-ring (bicyclic) bond motifs is 1. The number of carbonyl (C=O) groups is 1. The summed E-state index contributed by atoms with van der Waals surface area (Å²) in [5.41, 5.74) is 7.21. The SMILES string of the molecule is Cc1cc2c(cc1N(C)C(=O)CCN)OCCO2. The van der Waals surface area contributed by atoms with Gasteiger partial charge < -0.3 is 20.1 Å². The molecule has 1 aromatic rings. The summed E-state index contributed by atoms with van der Waals surface area (Å²) in [6, 6.07) is 3.74. The molecule has 1 amide bonds. The lowest BCUT2D eigenvalue weighted by atomic mass is 10.1. The minimum absolute atomic E-state index is 0.00252. The third-order valence-corrected chi connectivity index (χ3v) is 2.95. The van der Waals surface area contributed by atoms with Gasteiger partial charge in [0.25, 0.3) is 0 Å². The number of aryl methyl sites for hydroxylation is 1. The maximum atomic E-state index is 11.8. The van der Waals surface area contributed by atoms with Crippen LogP contribution in [0.15, 0.2) is 12.1 Å². The molecule has 2 N–H and O–H groups in total. The monoisotopic (exact) mass is 250 g/mol. The number of anilines is 1. The van der Waals surface area contributed by atoms with Crippen LogP contribution in [-0.4, -0.2) is 32.7 Å². The largest absolute Gasteiger partial charge is 0.486 e. The molecule has 18 heavy (non-hydrogen) atoms. The molecule has 0 radical (unpaired) electrons. The minimum atomic E-state index is -0.00252. The van der Waals surface area contributed by atoms with Gasteiger partial charge in [-0.15, -0.1) is 0 Å². The highest BCUT2D eigenvalue weighted by atomic mass is 16.6. The van der Waals surface area contributed by atoms with Gasteiger partial charge in [0, 0.05) is 26.1 Å². The standard InChI is InChI=1S/C13H18N2O3/c1-9-7-11-12(18-6-5-17-11)8-10(9)15(2)13(16)3-4-14/h7-8H,3-6,14H2,1-2H3. The molecule has 98 valence electrons. The Labute approximate surface area is 106 Å². The number of hydrogen-bond acceptors (Lipinski definition) is 4. The first-order chi connectivity index (χ1) is 8.63. The molecule has 0 aliphatic carbocycles. The van der Waals surface area contributed by atoms with Gasteiger partial charge in [0.2, 0.25) is 5.91 Å². The molecule has 0 spiro atoms. The molecule has 5 heteroatoms. The van der Waals surface area contributed by atoms with E-state index in [9.17, 15) is 4.79 Å². The number of hydrogen-bond donors (Lipinski definition) is 1. The zero-order valence-electron chi connectivity index (χ0n) is 10.7. The Morgan fingerprint density at radius 1 is 1.33 bits per heavy atom. The summed E-state index contributed by atoms with van der Waals surface area (Å²) in [4.78, 5) is 13.4. The van der Waals surface area contributed by atoms with Crippen LogP contribution in [0.1, 0.15) is 12.0 Å². The number of nitrogens with zero attached hydrogens (tertiary/aromatic N) is 1. The predicted octanol–water partition coefficient (Wildman–Crippen LogP) is 1.08. The van der Waals surface area contributed by atoms with Gasteiger partial charge in [-0.1, -0.05) is 0 Å². The summed E-state index contributed by atoms with van der Waals surface area (Å²) in [6.45, 7) is 3.40. The second-order valence-electron chi connectivity index (χ2n) is 4.27. The summed E-state index contributed by atoms with van der Waals surface area (Å²) in [7, 11) is 1.75. The molecule has 2 rings (SSSR count). The van der Waals surface area contributed by atoms with Crippen molar-refractivity contribution in [1.82, 2.24) is 0 Å². The highest BCUT2D eigenvalue weighted by molar-refractivity contribution is 5.94. The van der Waals surface area contributed by atoms with E-state index in [2.05, 4.69) is 0 Å². The van der Waals surface area contributed by atoms with Gasteiger partial charge in [0.1, 0.15) is 13.2 Å². The smallest absolute Gasteiger partial charge is 0.228 e. The summed E-state index contributed by atoms with van der Waals surface area (Å²) < 4.78 is 11.0. The first-order valence-electron chi connectivity index (χ1n) is 6.00. The fraction of sp³-hybridized carbons (Fsp3) is 0.462. The molecule has 5 nitrogen and oxygen atoms in total. The zero-order chi connectivity index (χ0) is 13.1.